The number of nitriles is 1. The second-order valence-corrected chi connectivity index (χ2v) is 6.64. The number of nitrogens with one attached hydrogen (secondary N) is 1. The molecule has 1 aromatic carbocycles. The van der Waals surface area contributed by atoms with Crippen LogP contribution in [0.5, 0.6) is 0 Å². The highest BCUT2D eigenvalue weighted by atomic mass is 16.6. The lowest BCUT2D eigenvalue weighted by Gasteiger charge is -2.27. The summed E-state index contributed by atoms with van der Waals surface area (Å²) in [4.78, 5) is 26.0. The molecule has 0 aliphatic carbocycles. The van der Waals surface area contributed by atoms with Crippen molar-refractivity contribution >= 4 is 12.0 Å². The molecule has 24 heavy (non-hydrogen) atoms. The van der Waals surface area contributed by atoms with Crippen molar-refractivity contribution in [3.63, 3.8) is 0 Å². The van der Waals surface area contributed by atoms with Gasteiger partial charge < -0.3 is 15.0 Å². The second-order valence-electron chi connectivity index (χ2n) is 6.64. The van der Waals surface area contributed by atoms with Crippen LogP contribution in [0.15, 0.2) is 30.3 Å². The zero-order valence-corrected chi connectivity index (χ0v) is 14.9. The molecule has 0 bridgehead atoms. The molecule has 1 rings (SSSR count). The number of amides is 2. The molecule has 0 fully saturated rings. The van der Waals surface area contributed by atoms with Crippen molar-refractivity contribution in [1.29, 1.82) is 5.26 Å². The van der Waals surface area contributed by atoms with E-state index in [9.17, 15) is 9.59 Å². The topological polar surface area (TPSA) is 82.4 Å². The molecule has 2 atom stereocenters. The molecule has 0 spiro atoms. The molecule has 0 saturated heterocycles. The van der Waals surface area contributed by atoms with Crippen LogP contribution in [0.3, 0.4) is 0 Å². The summed E-state index contributed by atoms with van der Waals surface area (Å²) in [5, 5.41) is 11.6. The Balaban J connectivity index is 2.92. The Morgan fingerprint density at radius 2 is 1.88 bits per heavy atom. The molecular formula is C18H25N3O3. The Hall–Kier alpha value is -2.55. The molecule has 6 nitrogen and oxygen atoms in total. The molecule has 1 aromatic rings. The van der Waals surface area contributed by atoms with Gasteiger partial charge in [0.05, 0.1) is 6.07 Å². The van der Waals surface area contributed by atoms with Gasteiger partial charge in [-0.3, -0.25) is 4.79 Å². The normalized spacial score (nSPS) is 13.3. The molecule has 0 aliphatic heterocycles. The first-order valence-electron chi connectivity index (χ1n) is 7.83. The van der Waals surface area contributed by atoms with Crippen molar-refractivity contribution in [3.05, 3.63) is 35.9 Å². The van der Waals surface area contributed by atoms with E-state index in [-0.39, 0.29) is 5.91 Å². The third kappa shape index (κ3) is 6.29. The fourth-order valence-corrected chi connectivity index (χ4v) is 2.02. The molecule has 2 amide bonds. The van der Waals surface area contributed by atoms with E-state index in [1.165, 1.54) is 4.90 Å². The fraction of sp³-hybridized carbons (Fsp3) is 0.500. The molecule has 1 N–H and O–H groups in total. The van der Waals surface area contributed by atoms with Crippen molar-refractivity contribution in [2.45, 2.75) is 51.8 Å². The second kappa shape index (κ2) is 8.34. The van der Waals surface area contributed by atoms with Gasteiger partial charge in [-0.05, 0) is 33.3 Å². The van der Waals surface area contributed by atoms with Crippen LogP contribution in [0.25, 0.3) is 0 Å². The first kappa shape index (κ1) is 19.5. The quantitative estimate of drug-likeness (QED) is 0.898. The van der Waals surface area contributed by atoms with Gasteiger partial charge in [0.25, 0.3) is 0 Å². The minimum absolute atomic E-state index is 0.321. The average molecular weight is 331 g/mol. The maximum atomic E-state index is 12.7. The summed E-state index contributed by atoms with van der Waals surface area (Å²) < 4.78 is 5.24. The van der Waals surface area contributed by atoms with Crippen LogP contribution in [0.2, 0.25) is 0 Å². The van der Waals surface area contributed by atoms with Gasteiger partial charge in [-0.2, -0.15) is 5.26 Å². The summed E-state index contributed by atoms with van der Waals surface area (Å²) in [6, 6.07) is 10.0. The highest BCUT2D eigenvalue weighted by Crippen LogP contribution is 2.10. The summed E-state index contributed by atoms with van der Waals surface area (Å²) in [5.41, 5.74) is 0.251. The summed E-state index contributed by atoms with van der Waals surface area (Å²) >= 11 is 0. The maximum Gasteiger partial charge on any atom is 0.408 e. The van der Waals surface area contributed by atoms with Crippen LogP contribution in [-0.4, -0.2) is 41.6 Å². The van der Waals surface area contributed by atoms with E-state index in [4.69, 9.17) is 10.00 Å². The average Bonchev–Trinajstić information content (AvgIpc) is 2.51. The van der Waals surface area contributed by atoms with Crippen LogP contribution < -0.4 is 5.32 Å². The largest absolute Gasteiger partial charge is 0.444 e. The zero-order chi connectivity index (χ0) is 18.3. The summed E-state index contributed by atoms with van der Waals surface area (Å²) in [5.74, 6) is -0.334. The van der Waals surface area contributed by atoms with Gasteiger partial charge in [-0.15, -0.1) is 0 Å². The molecule has 0 radical (unpaired) electrons. The Morgan fingerprint density at radius 1 is 1.29 bits per heavy atom. The summed E-state index contributed by atoms with van der Waals surface area (Å²) in [6.45, 7) is 6.89. The number of nitrogens with zero attached hydrogens (tertiary/aromatic N) is 2. The molecular weight excluding hydrogens is 306 g/mol. The number of carbonyl (C=O) groups excluding carboxylic acids is 2. The van der Waals surface area contributed by atoms with E-state index >= 15 is 0 Å². The standard InChI is InChI=1S/C18H25N3O3/c1-13(12-19)21(5)16(22)15(11-14-9-7-6-8-10-14)20-17(23)24-18(2,3)4/h6-10,13,15H,11H2,1-5H3,(H,20,23)/t13-,15-/m0/s1. The minimum atomic E-state index is -0.803. The van der Waals surface area contributed by atoms with E-state index in [0.29, 0.717) is 6.42 Å². The molecule has 6 heteroatoms. The van der Waals surface area contributed by atoms with Crippen LogP contribution in [0.4, 0.5) is 4.79 Å². The highest BCUT2D eigenvalue weighted by molar-refractivity contribution is 5.86. The molecule has 0 saturated carbocycles. The lowest BCUT2D eigenvalue weighted by atomic mass is 10.0. The summed E-state index contributed by atoms with van der Waals surface area (Å²) in [6.07, 6.45) is -0.337. The Kier molecular flexibility index (Phi) is 6.78. The van der Waals surface area contributed by atoms with Gasteiger partial charge in [-0.25, -0.2) is 4.79 Å². The van der Waals surface area contributed by atoms with Gasteiger partial charge in [-0.1, -0.05) is 30.3 Å². The maximum absolute atomic E-state index is 12.7. The first-order valence-corrected chi connectivity index (χ1v) is 7.83. The monoisotopic (exact) mass is 331 g/mol. The smallest absolute Gasteiger partial charge is 0.408 e. The van der Waals surface area contributed by atoms with Gasteiger partial charge in [0.2, 0.25) is 5.91 Å². The third-order valence-corrected chi connectivity index (χ3v) is 3.39. The van der Waals surface area contributed by atoms with E-state index in [0.717, 1.165) is 5.56 Å². The minimum Gasteiger partial charge on any atom is -0.444 e. The number of hydrogen-bond acceptors (Lipinski definition) is 4. The predicted molar refractivity (Wildman–Crippen MR) is 91.1 cm³/mol. The molecule has 0 unspecified atom stereocenters. The number of benzene rings is 1. The van der Waals surface area contributed by atoms with Crippen molar-refractivity contribution in [1.82, 2.24) is 10.2 Å². The predicted octanol–water partition coefficient (Wildman–Crippen LogP) is 2.49. The zero-order valence-electron chi connectivity index (χ0n) is 14.9. The van der Waals surface area contributed by atoms with E-state index < -0.39 is 23.8 Å². The van der Waals surface area contributed by atoms with Crippen LogP contribution in [0.1, 0.15) is 33.3 Å². The number of ether oxygens (including phenoxy) is 1. The number of likely N-dealkylation sites (N-methyl/N-ethyl adjacent to an activating group) is 1. The lowest BCUT2D eigenvalue weighted by molar-refractivity contribution is -0.133. The number of carbonyl (C=O) groups is 2. The molecule has 130 valence electrons. The Labute approximate surface area is 143 Å². The number of rotatable bonds is 5. The van der Waals surface area contributed by atoms with Crippen LogP contribution >= 0.6 is 0 Å². The first-order chi connectivity index (χ1) is 11.1. The van der Waals surface area contributed by atoms with Gasteiger partial charge in [0.1, 0.15) is 17.7 Å². The van der Waals surface area contributed by atoms with E-state index in [1.54, 1.807) is 34.7 Å². The van der Waals surface area contributed by atoms with Crippen molar-refractivity contribution < 1.29 is 14.3 Å². The van der Waals surface area contributed by atoms with Gasteiger partial charge in [0.15, 0.2) is 0 Å². The lowest BCUT2D eigenvalue weighted by Crippen LogP contribution is -2.51. The van der Waals surface area contributed by atoms with E-state index in [2.05, 4.69) is 5.32 Å². The van der Waals surface area contributed by atoms with Gasteiger partial charge in [0, 0.05) is 13.5 Å². The van der Waals surface area contributed by atoms with Crippen molar-refractivity contribution in [2.24, 2.45) is 0 Å². The molecule has 0 aromatic heterocycles. The molecule has 0 aliphatic rings. The number of hydrogen-bond donors (Lipinski definition) is 1. The number of alkyl carbamates (subject to hydrolysis) is 1. The van der Waals surface area contributed by atoms with Crippen molar-refractivity contribution in [2.75, 3.05) is 7.05 Å². The Bertz CT molecular complexity index is 602. The van der Waals surface area contributed by atoms with E-state index in [1.807, 2.05) is 36.4 Å². The highest BCUT2D eigenvalue weighted by Gasteiger charge is 2.28. The van der Waals surface area contributed by atoms with Crippen LogP contribution in [-0.2, 0) is 16.0 Å². The third-order valence-electron chi connectivity index (χ3n) is 3.39. The van der Waals surface area contributed by atoms with Gasteiger partial charge >= 0.3 is 6.09 Å². The van der Waals surface area contributed by atoms with Crippen LogP contribution in [0, 0.1) is 11.3 Å². The fourth-order valence-electron chi connectivity index (χ4n) is 2.02. The Morgan fingerprint density at radius 3 is 2.38 bits per heavy atom. The van der Waals surface area contributed by atoms with Crippen molar-refractivity contribution in [3.8, 4) is 6.07 Å². The summed E-state index contributed by atoms with van der Waals surface area (Å²) in [7, 11) is 1.55. The molecule has 0 heterocycles. The SMILES string of the molecule is C[C@@H](C#N)N(C)C(=O)[C@H](Cc1ccccc1)NC(=O)OC(C)(C)C.